The third-order valence-electron chi connectivity index (χ3n) is 6.76. The monoisotopic (exact) mass is 515 g/mol. The van der Waals surface area contributed by atoms with Crippen LogP contribution in [0.3, 0.4) is 0 Å². The number of nitrogens with zero attached hydrogens (tertiary/aromatic N) is 1. The number of carbonyl (C=O) groups excluding carboxylic acids is 3. The zero-order valence-electron chi connectivity index (χ0n) is 23.7. The largest absolute Gasteiger partial charge is 0.444 e. The molecule has 3 amide bonds. The molecule has 7 nitrogen and oxygen atoms in total. The summed E-state index contributed by atoms with van der Waals surface area (Å²) >= 11 is 0. The minimum absolute atomic E-state index is 0.139. The van der Waals surface area contributed by atoms with E-state index in [-0.39, 0.29) is 24.4 Å². The Hall–Kier alpha value is -2.57. The SMILES string of the molecule is CCCCCCCCN(C(=O)CNC(=O)OC(C)(C)C)C(C(=O)NC1CCCCC1)c1ccc(C)cc1. The number of benzene rings is 1. The molecule has 0 bridgehead atoms. The molecular formula is C30H49N3O4. The smallest absolute Gasteiger partial charge is 0.408 e. The molecule has 2 rings (SSSR count). The van der Waals surface area contributed by atoms with E-state index in [4.69, 9.17) is 4.74 Å². The first-order chi connectivity index (χ1) is 17.6. The number of unbranched alkanes of at least 4 members (excludes halogenated alkanes) is 5. The first kappa shape index (κ1) is 30.7. The Morgan fingerprint density at radius 2 is 1.59 bits per heavy atom. The highest BCUT2D eigenvalue weighted by Crippen LogP contribution is 2.25. The molecule has 1 unspecified atom stereocenters. The van der Waals surface area contributed by atoms with Gasteiger partial charge in [0.05, 0.1) is 0 Å². The van der Waals surface area contributed by atoms with Gasteiger partial charge in [0.15, 0.2) is 0 Å². The van der Waals surface area contributed by atoms with Gasteiger partial charge in [-0.15, -0.1) is 0 Å². The number of nitrogens with one attached hydrogen (secondary N) is 2. The van der Waals surface area contributed by atoms with Crippen LogP contribution in [0.4, 0.5) is 4.79 Å². The van der Waals surface area contributed by atoms with Gasteiger partial charge in [-0.25, -0.2) is 4.79 Å². The number of aryl methyl sites for hydroxylation is 1. The molecule has 0 saturated heterocycles. The van der Waals surface area contributed by atoms with Crippen LogP contribution in [0.5, 0.6) is 0 Å². The second kappa shape index (κ2) is 15.6. The molecule has 0 heterocycles. The van der Waals surface area contributed by atoms with Crippen molar-refractivity contribution < 1.29 is 19.1 Å². The molecule has 1 atom stereocenters. The van der Waals surface area contributed by atoms with Gasteiger partial charge >= 0.3 is 6.09 Å². The molecule has 7 heteroatoms. The van der Waals surface area contributed by atoms with E-state index in [1.165, 1.54) is 25.7 Å². The summed E-state index contributed by atoms with van der Waals surface area (Å²) in [7, 11) is 0. The Morgan fingerprint density at radius 3 is 2.22 bits per heavy atom. The van der Waals surface area contributed by atoms with Gasteiger partial charge in [-0.05, 0) is 52.5 Å². The molecule has 1 aliphatic rings. The summed E-state index contributed by atoms with van der Waals surface area (Å²) in [6.45, 7) is 9.77. The molecule has 0 aromatic heterocycles. The molecule has 2 N–H and O–H groups in total. The Balaban J connectivity index is 2.23. The first-order valence-electron chi connectivity index (χ1n) is 14.2. The number of rotatable bonds is 13. The van der Waals surface area contributed by atoms with E-state index < -0.39 is 17.7 Å². The average molecular weight is 516 g/mol. The molecule has 1 aliphatic carbocycles. The topological polar surface area (TPSA) is 87.7 Å². The maximum absolute atomic E-state index is 13.7. The van der Waals surface area contributed by atoms with Crippen molar-refractivity contribution in [3.05, 3.63) is 35.4 Å². The summed E-state index contributed by atoms with van der Waals surface area (Å²) in [6, 6.07) is 7.21. The van der Waals surface area contributed by atoms with Crippen LogP contribution in [-0.4, -0.2) is 47.5 Å². The van der Waals surface area contributed by atoms with E-state index in [1.807, 2.05) is 31.2 Å². The molecule has 1 saturated carbocycles. The molecule has 208 valence electrons. The molecular weight excluding hydrogens is 466 g/mol. The maximum atomic E-state index is 13.7. The predicted molar refractivity (Wildman–Crippen MR) is 148 cm³/mol. The highest BCUT2D eigenvalue weighted by atomic mass is 16.6. The van der Waals surface area contributed by atoms with Crippen LogP contribution in [0.1, 0.15) is 115 Å². The second-order valence-corrected chi connectivity index (χ2v) is 11.4. The van der Waals surface area contributed by atoms with Gasteiger partial charge in [0.2, 0.25) is 11.8 Å². The van der Waals surface area contributed by atoms with E-state index in [2.05, 4.69) is 17.6 Å². The van der Waals surface area contributed by atoms with Crippen LogP contribution >= 0.6 is 0 Å². The standard InChI is InChI=1S/C30H49N3O4/c1-6-7-8-9-10-14-21-33(26(34)22-31-29(36)37-30(3,4)5)27(24-19-17-23(2)18-20-24)28(35)32-25-15-12-11-13-16-25/h17-20,25,27H,6-16,21-22H2,1-5H3,(H,31,36)(H,32,35). The first-order valence-corrected chi connectivity index (χ1v) is 14.2. The van der Waals surface area contributed by atoms with E-state index in [1.54, 1.807) is 25.7 Å². The number of ether oxygens (including phenoxy) is 1. The van der Waals surface area contributed by atoms with Crippen molar-refractivity contribution in [1.82, 2.24) is 15.5 Å². The van der Waals surface area contributed by atoms with Crippen molar-refractivity contribution in [1.29, 1.82) is 0 Å². The molecule has 1 aromatic rings. The Kier molecular flexibility index (Phi) is 12.9. The number of amides is 3. The van der Waals surface area contributed by atoms with Crippen molar-refractivity contribution in [3.8, 4) is 0 Å². The Bertz CT molecular complexity index is 841. The van der Waals surface area contributed by atoms with E-state index in [0.29, 0.717) is 6.54 Å². The van der Waals surface area contributed by atoms with Crippen LogP contribution in [0.2, 0.25) is 0 Å². The van der Waals surface area contributed by atoms with E-state index in [0.717, 1.165) is 56.1 Å². The number of hydrogen-bond acceptors (Lipinski definition) is 4. The lowest BCUT2D eigenvalue weighted by Gasteiger charge is -2.33. The van der Waals surface area contributed by atoms with Gasteiger partial charge in [-0.1, -0.05) is 88.1 Å². The van der Waals surface area contributed by atoms with Crippen molar-refractivity contribution >= 4 is 17.9 Å². The molecule has 0 radical (unpaired) electrons. The summed E-state index contributed by atoms with van der Waals surface area (Å²) in [6.07, 6.45) is 11.2. The van der Waals surface area contributed by atoms with Gasteiger partial charge in [0, 0.05) is 12.6 Å². The maximum Gasteiger partial charge on any atom is 0.408 e. The minimum Gasteiger partial charge on any atom is -0.444 e. The van der Waals surface area contributed by atoms with Gasteiger partial charge in [-0.3, -0.25) is 9.59 Å². The molecule has 37 heavy (non-hydrogen) atoms. The highest BCUT2D eigenvalue weighted by molar-refractivity contribution is 5.90. The lowest BCUT2D eigenvalue weighted by molar-refractivity contribution is -0.140. The van der Waals surface area contributed by atoms with Crippen molar-refractivity contribution in [2.75, 3.05) is 13.1 Å². The minimum atomic E-state index is -0.744. The number of hydrogen-bond donors (Lipinski definition) is 2. The van der Waals surface area contributed by atoms with Crippen molar-refractivity contribution in [2.45, 2.75) is 123 Å². The van der Waals surface area contributed by atoms with Crippen molar-refractivity contribution in [2.24, 2.45) is 0 Å². The fourth-order valence-corrected chi connectivity index (χ4v) is 4.77. The predicted octanol–water partition coefficient (Wildman–Crippen LogP) is 6.20. The van der Waals surface area contributed by atoms with E-state index in [9.17, 15) is 14.4 Å². The highest BCUT2D eigenvalue weighted by Gasteiger charge is 2.33. The fourth-order valence-electron chi connectivity index (χ4n) is 4.77. The molecule has 0 aliphatic heterocycles. The normalized spacial score (nSPS) is 15.1. The summed E-state index contributed by atoms with van der Waals surface area (Å²) in [5, 5.41) is 5.83. The number of alkyl carbamates (subject to hydrolysis) is 1. The molecule has 1 aromatic carbocycles. The third kappa shape index (κ3) is 11.6. The van der Waals surface area contributed by atoms with Crippen molar-refractivity contribution in [3.63, 3.8) is 0 Å². The zero-order chi connectivity index (χ0) is 27.3. The van der Waals surface area contributed by atoms with Gasteiger partial charge in [0.1, 0.15) is 18.2 Å². The van der Waals surface area contributed by atoms with Gasteiger partial charge in [-0.2, -0.15) is 0 Å². The zero-order valence-corrected chi connectivity index (χ0v) is 23.7. The summed E-state index contributed by atoms with van der Waals surface area (Å²) in [5.41, 5.74) is 1.22. The lowest BCUT2D eigenvalue weighted by atomic mass is 9.94. The van der Waals surface area contributed by atoms with Crippen LogP contribution in [0, 0.1) is 6.92 Å². The number of carbonyl (C=O) groups is 3. The van der Waals surface area contributed by atoms with Gasteiger partial charge in [0.25, 0.3) is 0 Å². The quantitative estimate of drug-likeness (QED) is 0.306. The summed E-state index contributed by atoms with van der Waals surface area (Å²) in [4.78, 5) is 41.1. The Morgan fingerprint density at radius 1 is 0.973 bits per heavy atom. The Labute approximate surface area is 224 Å². The van der Waals surface area contributed by atoms with E-state index >= 15 is 0 Å². The summed E-state index contributed by atoms with van der Waals surface area (Å²) in [5.74, 6) is -0.434. The second-order valence-electron chi connectivity index (χ2n) is 11.4. The van der Waals surface area contributed by atoms with Crippen LogP contribution < -0.4 is 10.6 Å². The van der Waals surface area contributed by atoms with Crippen LogP contribution in [0.25, 0.3) is 0 Å². The van der Waals surface area contributed by atoms with Crippen LogP contribution in [-0.2, 0) is 14.3 Å². The third-order valence-corrected chi connectivity index (χ3v) is 6.76. The summed E-state index contributed by atoms with van der Waals surface area (Å²) < 4.78 is 5.31. The lowest BCUT2D eigenvalue weighted by Crippen LogP contribution is -2.50. The molecule has 0 spiro atoms. The average Bonchev–Trinajstić information content (AvgIpc) is 2.84. The van der Waals surface area contributed by atoms with Crippen LogP contribution in [0.15, 0.2) is 24.3 Å². The van der Waals surface area contributed by atoms with Gasteiger partial charge < -0.3 is 20.3 Å². The molecule has 1 fully saturated rings. The fraction of sp³-hybridized carbons (Fsp3) is 0.700.